The average Bonchev–Trinajstić information content (AvgIpc) is 2.42. The molecule has 1 aliphatic rings. The van der Waals surface area contributed by atoms with Gasteiger partial charge in [-0.2, -0.15) is 0 Å². The molecule has 1 aromatic rings. The van der Waals surface area contributed by atoms with Gasteiger partial charge >= 0.3 is 5.97 Å². The first-order chi connectivity index (χ1) is 6.17. The number of rotatable bonds is 1. The van der Waals surface area contributed by atoms with E-state index in [0.29, 0.717) is 10.9 Å². The zero-order valence-corrected chi connectivity index (χ0v) is 9.76. The molecule has 1 aliphatic heterocycles. The van der Waals surface area contributed by atoms with Crippen LogP contribution >= 0.6 is 31.9 Å². The summed E-state index contributed by atoms with van der Waals surface area (Å²) < 4.78 is 4.52. The van der Waals surface area contributed by atoms with Crippen molar-refractivity contribution in [2.45, 2.75) is 4.51 Å². The highest BCUT2D eigenvalue weighted by molar-refractivity contribution is 9.12. The van der Waals surface area contributed by atoms with E-state index < -0.39 is 4.51 Å². The molecule has 1 heterocycles. The van der Waals surface area contributed by atoms with Crippen molar-refractivity contribution in [3.8, 4) is 0 Å². The Kier molecular flexibility index (Phi) is 2.20. The van der Waals surface area contributed by atoms with E-state index in [2.05, 4.69) is 31.9 Å². The van der Waals surface area contributed by atoms with Crippen molar-refractivity contribution in [2.75, 3.05) is 5.33 Å². The molecule has 1 aromatic carbocycles. The van der Waals surface area contributed by atoms with Crippen molar-refractivity contribution in [1.82, 2.24) is 0 Å². The monoisotopic (exact) mass is 304 g/mol. The van der Waals surface area contributed by atoms with Gasteiger partial charge in [0.25, 0.3) is 0 Å². The van der Waals surface area contributed by atoms with Crippen molar-refractivity contribution in [2.24, 2.45) is 0 Å². The standard InChI is InChI=1S/C9H6Br2O2/c10-5-9(11)7-4-2-1-3-6(7)8(12)13-9/h1-4H,5H2. The van der Waals surface area contributed by atoms with Gasteiger partial charge in [-0.05, 0) is 22.0 Å². The normalized spacial score (nSPS) is 25.5. The van der Waals surface area contributed by atoms with Crippen LogP contribution in [0, 0.1) is 0 Å². The van der Waals surface area contributed by atoms with Crippen molar-refractivity contribution in [3.63, 3.8) is 0 Å². The minimum absolute atomic E-state index is 0.271. The first kappa shape index (κ1) is 9.21. The van der Waals surface area contributed by atoms with Crippen molar-refractivity contribution in [3.05, 3.63) is 35.4 Å². The molecule has 0 saturated heterocycles. The molecule has 0 aliphatic carbocycles. The summed E-state index contributed by atoms with van der Waals surface area (Å²) in [7, 11) is 0. The number of halogens is 2. The number of alkyl halides is 2. The van der Waals surface area contributed by atoms with Gasteiger partial charge in [0, 0.05) is 5.56 Å². The van der Waals surface area contributed by atoms with Crippen molar-refractivity contribution >= 4 is 37.8 Å². The van der Waals surface area contributed by atoms with Crippen LogP contribution in [0.15, 0.2) is 24.3 Å². The Labute approximate surface area is 92.5 Å². The lowest BCUT2D eigenvalue weighted by molar-refractivity contribution is 0.0369. The van der Waals surface area contributed by atoms with Crippen molar-refractivity contribution < 1.29 is 9.53 Å². The lowest BCUT2D eigenvalue weighted by Gasteiger charge is -2.17. The molecule has 2 nitrogen and oxygen atoms in total. The van der Waals surface area contributed by atoms with Crippen LogP contribution in [0.2, 0.25) is 0 Å². The molecule has 68 valence electrons. The number of ether oxygens (including phenoxy) is 1. The summed E-state index contributed by atoms with van der Waals surface area (Å²) in [5.74, 6) is -0.271. The first-order valence-corrected chi connectivity index (χ1v) is 5.66. The van der Waals surface area contributed by atoms with Crippen LogP contribution in [-0.2, 0) is 9.25 Å². The zero-order valence-electron chi connectivity index (χ0n) is 6.59. The van der Waals surface area contributed by atoms with E-state index in [4.69, 9.17) is 4.74 Å². The number of carbonyl (C=O) groups is 1. The number of benzene rings is 1. The molecule has 0 amide bonds. The molecular formula is C9H6Br2O2. The summed E-state index contributed by atoms with van der Waals surface area (Å²) in [6.45, 7) is 0. The minimum Gasteiger partial charge on any atom is -0.438 e. The predicted octanol–water partition coefficient (Wildman–Crippen LogP) is 2.80. The van der Waals surface area contributed by atoms with Crippen LogP contribution < -0.4 is 0 Å². The largest absolute Gasteiger partial charge is 0.438 e. The average molecular weight is 306 g/mol. The van der Waals surface area contributed by atoms with E-state index in [1.54, 1.807) is 6.07 Å². The van der Waals surface area contributed by atoms with Crippen LogP contribution in [0.25, 0.3) is 0 Å². The highest BCUT2D eigenvalue weighted by Crippen LogP contribution is 2.42. The fourth-order valence-electron chi connectivity index (χ4n) is 1.34. The molecule has 0 spiro atoms. The number of hydrogen-bond donors (Lipinski definition) is 0. The number of cyclic esters (lactones) is 1. The molecule has 4 heteroatoms. The lowest BCUT2D eigenvalue weighted by Crippen LogP contribution is -2.19. The number of carbonyl (C=O) groups excluding carboxylic acids is 1. The third kappa shape index (κ3) is 1.32. The third-order valence-electron chi connectivity index (χ3n) is 1.98. The molecule has 0 radical (unpaired) electrons. The molecule has 0 saturated carbocycles. The molecule has 1 atom stereocenters. The van der Waals surface area contributed by atoms with Gasteiger partial charge in [0.2, 0.25) is 4.51 Å². The first-order valence-electron chi connectivity index (χ1n) is 3.75. The summed E-state index contributed by atoms with van der Waals surface area (Å²) in [5.41, 5.74) is 1.52. The molecule has 0 fully saturated rings. The lowest BCUT2D eigenvalue weighted by atomic mass is 10.1. The zero-order chi connectivity index (χ0) is 9.47. The molecule has 0 bridgehead atoms. The smallest absolute Gasteiger partial charge is 0.340 e. The summed E-state index contributed by atoms with van der Waals surface area (Å²) >= 11 is 6.70. The fourth-order valence-corrected chi connectivity index (χ4v) is 2.25. The Bertz CT molecular complexity index is 364. The van der Waals surface area contributed by atoms with Gasteiger partial charge in [-0.3, -0.25) is 0 Å². The maximum absolute atomic E-state index is 11.4. The highest BCUT2D eigenvalue weighted by Gasteiger charge is 2.42. The SMILES string of the molecule is O=C1OC(Br)(CBr)c2ccccc21. The molecule has 2 rings (SSSR count). The Balaban J connectivity index is 2.59. The number of esters is 1. The second-order valence-corrected chi connectivity index (χ2v) is 4.64. The van der Waals surface area contributed by atoms with E-state index in [0.717, 1.165) is 5.56 Å². The molecule has 0 aromatic heterocycles. The van der Waals surface area contributed by atoms with Gasteiger partial charge in [0.1, 0.15) is 0 Å². The summed E-state index contributed by atoms with van der Waals surface area (Å²) in [6.07, 6.45) is 0. The van der Waals surface area contributed by atoms with E-state index in [9.17, 15) is 4.79 Å². The Hall–Kier alpha value is -0.350. The van der Waals surface area contributed by atoms with E-state index in [1.807, 2.05) is 18.2 Å². The Morgan fingerprint density at radius 3 is 2.77 bits per heavy atom. The molecule has 1 unspecified atom stereocenters. The van der Waals surface area contributed by atoms with E-state index in [1.165, 1.54) is 0 Å². The maximum Gasteiger partial charge on any atom is 0.340 e. The van der Waals surface area contributed by atoms with Gasteiger partial charge in [-0.1, -0.05) is 34.1 Å². The van der Waals surface area contributed by atoms with Crippen molar-refractivity contribution in [1.29, 1.82) is 0 Å². The molecule has 0 N–H and O–H groups in total. The second-order valence-electron chi connectivity index (χ2n) is 2.80. The van der Waals surface area contributed by atoms with E-state index >= 15 is 0 Å². The van der Waals surface area contributed by atoms with Gasteiger partial charge in [-0.15, -0.1) is 0 Å². The Morgan fingerprint density at radius 1 is 1.38 bits per heavy atom. The second kappa shape index (κ2) is 3.10. The molecule has 13 heavy (non-hydrogen) atoms. The predicted molar refractivity (Wildman–Crippen MR) is 56.3 cm³/mol. The van der Waals surface area contributed by atoms with Crippen LogP contribution in [0.1, 0.15) is 15.9 Å². The van der Waals surface area contributed by atoms with Crippen LogP contribution in [0.4, 0.5) is 0 Å². The minimum atomic E-state index is -0.680. The maximum atomic E-state index is 11.4. The summed E-state index contributed by atoms with van der Waals surface area (Å²) in [5, 5.41) is 0.544. The fraction of sp³-hybridized carbons (Fsp3) is 0.222. The van der Waals surface area contributed by atoms with Gasteiger partial charge in [0.05, 0.1) is 10.9 Å². The van der Waals surface area contributed by atoms with Gasteiger partial charge in [0.15, 0.2) is 0 Å². The number of hydrogen-bond acceptors (Lipinski definition) is 2. The molecular weight excluding hydrogens is 300 g/mol. The number of fused-ring (bicyclic) bond motifs is 1. The topological polar surface area (TPSA) is 26.3 Å². The Morgan fingerprint density at radius 2 is 2.08 bits per heavy atom. The van der Waals surface area contributed by atoms with Crippen LogP contribution in [0.5, 0.6) is 0 Å². The van der Waals surface area contributed by atoms with E-state index in [-0.39, 0.29) is 5.97 Å². The summed E-state index contributed by atoms with van der Waals surface area (Å²) in [6, 6.07) is 7.37. The van der Waals surface area contributed by atoms with Crippen LogP contribution in [-0.4, -0.2) is 11.3 Å². The highest BCUT2D eigenvalue weighted by atomic mass is 79.9. The third-order valence-corrected chi connectivity index (χ3v) is 4.39. The van der Waals surface area contributed by atoms with Crippen LogP contribution in [0.3, 0.4) is 0 Å². The summed E-state index contributed by atoms with van der Waals surface area (Å²) in [4.78, 5) is 11.4. The quantitative estimate of drug-likeness (QED) is 0.589. The van der Waals surface area contributed by atoms with Gasteiger partial charge < -0.3 is 4.74 Å². The van der Waals surface area contributed by atoms with Gasteiger partial charge in [-0.25, -0.2) is 4.79 Å².